The Morgan fingerprint density at radius 2 is 1.83 bits per heavy atom. The van der Waals surface area contributed by atoms with E-state index in [0.717, 1.165) is 10.9 Å². The van der Waals surface area contributed by atoms with Crippen molar-refractivity contribution < 1.29 is 0 Å². The highest BCUT2D eigenvalue weighted by atomic mass is 35.5. The zero-order chi connectivity index (χ0) is 8.97. The fourth-order valence-electron chi connectivity index (χ4n) is 0.734. The Labute approximate surface area is 82.7 Å². The minimum atomic E-state index is 0.796. The van der Waals surface area contributed by atoms with E-state index in [1.807, 2.05) is 24.3 Å². The molecule has 1 aromatic carbocycles. The molecule has 0 amide bonds. The molecule has 12 heavy (non-hydrogen) atoms. The maximum absolute atomic E-state index is 5.75. The van der Waals surface area contributed by atoms with Crippen LogP contribution < -0.4 is 0 Å². The van der Waals surface area contributed by atoms with E-state index in [-0.39, 0.29) is 0 Å². The molecule has 0 unspecified atom stereocenters. The molecule has 1 aromatic rings. The van der Waals surface area contributed by atoms with Crippen molar-refractivity contribution in [3.8, 4) is 0 Å². The Bertz CT molecular complexity index is 233. The van der Waals surface area contributed by atoms with Gasteiger partial charge in [-0.2, -0.15) is 0 Å². The molecule has 0 heterocycles. The third-order valence-electron chi connectivity index (χ3n) is 1.30. The minimum absolute atomic E-state index is 0.796. The van der Waals surface area contributed by atoms with Gasteiger partial charge in [-0.15, -0.1) is 11.8 Å². The quantitative estimate of drug-likeness (QED) is 0.547. The van der Waals surface area contributed by atoms with Crippen molar-refractivity contribution in [2.75, 3.05) is 20.0 Å². The second kappa shape index (κ2) is 4.75. The summed E-state index contributed by atoms with van der Waals surface area (Å²) in [5.74, 6) is 1.00. The van der Waals surface area contributed by atoms with Crippen molar-refractivity contribution in [3.63, 3.8) is 0 Å². The van der Waals surface area contributed by atoms with E-state index in [4.69, 9.17) is 11.6 Å². The summed E-state index contributed by atoms with van der Waals surface area (Å²) in [4.78, 5) is 3.40. The van der Waals surface area contributed by atoms with Crippen molar-refractivity contribution >= 4 is 23.4 Å². The van der Waals surface area contributed by atoms with Crippen LogP contribution in [-0.4, -0.2) is 24.9 Å². The summed E-state index contributed by atoms with van der Waals surface area (Å²) in [6.45, 7) is 0. The Balaban J connectivity index is 2.48. The standard InChI is InChI=1S/C9H12ClNS/c1-11(2)7-12-9-5-3-8(10)4-6-9/h3-6H,7H2,1-2H3. The molecule has 0 atom stereocenters. The maximum Gasteiger partial charge on any atom is 0.0485 e. The smallest absolute Gasteiger partial charge is 0.0485 e. The number of benzene rings is 1. The molecular weight excluding hydrogens is 190 g/mol. The Kier molecular flexibility index (Phi) is 3.92. The van der Waals surface area contributed by atoms with E-state index >= 15 is 0 Å². The van der Waals surface area contributed by atoms with Gasteiger partial charge in [0.05, 0.1) is 0 Å². The molecule has 0 aromatic heterocycles. The van der Waals surface area contributed by atoms with E-state index < -0.39 is 0 Å². The van der Waals surface area contributed by atoms with Crippen molar-refractivity contribution in [1.82, 2.24) is 4.90 Å². The van der Waals surface area contributed by atoms with Gasteiger partial charge in [0.25, 0.3) is 0 Å². The van der Waals surface area contributed by atoms with Gasteiger partial charge in [0.15, 0.2) is 0 Å². The SMILES string of the molecule is CN(C)CSc1ccc(Cl)cc1. The van der Waals surface area contributed by atoms with Crippen LogP contribution in [0.15, 0.2) is 29.2 Å². The largest absolute Gasteiger partial charge is 0.300 e. The van der Waals surface area contributed by atoms with Crippen LogP contribution in [0.2, 0.25) is 5.02 Å². The van der Waals surface area contributed by atoms with Gasteiger partial charge in [-0.25, -0.2) is 0 Å². The van der Waals surface area contributed by atoms with Crippen molar-refractivity contribution in [2.24, 2.45) is 0 Å². The molecule has 0 radical (unpaired) electrons. The molecule has 0 fully saturated rings. The lowest BCUT2D eigenvalue weighted by molar-refractivity contribution is 0.485. The molecule has 0 saturated carbocycles. The predicted molar refractivity (Wildman–Crippen MR) is 55.9 cm³/mol. The third kappa shape index (κ3) is 3.48. The highest BCUT2D eigenvalue weighted by Gasteiger charge is 1.94. The molecule has 66 valence electrons. The van der Waals surface area contributed by atoms with Crippen LogP contribution >= 0.6 is 23.4 Å². The summed E-state index contributed by atoms with van der Waals surface area (Å²) in [7, 11) is 4.12. The van der Waals surface area contributed by atoms with Crippen molar-refractivity contribution in [1.29, 1.82) is 0 Å². The summed E-state index contributed by atoms with van der Waals surface area (Å²) in [5.41, 5.74) is 0. The van der Waals surface area contributed by atoms with Gasteiger partial charge < -0.3 is 0 Å². The Morgan fingerprint density at radius 1 is 1.25 bits per heavy atom. The van der Waals surface area contributed by atoms with Crippen LogP contribution in [0.25, 0.3) is 0 Å². The van der Waals surface area contributed by atoms with E-state index in [0.29, 0.717) is 0 Å². The van der Waals surface area contributed by atoms with Crippen LogP contribution in [0.1, 0.15) is 0 Å². The van der Waals surface area contributed by atoms with Crippen LogP contribution in [0, 0.1) is 0 Å². The lowest BCUT2D eigenvalue weighted by Gasteiger charge is -2.08. The first-order valence-electron chi connectivity index (χ1n) is 3.71. The number of hydrogen-bond donors (Lipinski definition) is 0. The monoisotopic (exact) mass is 201 g/mol. The van der Waals surface area contributed by atoms with Crippen molar-refractivity contribution in [3.05, 3.63) is 29.3 Å². The molecule has 0 N–H and O–H groups in total. The van der Waals surface area contributed by atoms with Gasteiger partial charge in [0.1, 0.15) is 0 Å². The van der Waals surface area contributed by atoms with E-state index in [9.17, 15) is 0 Å². The second-order valence-corrected chi connectivity index (χ2v) is 4.26. The van der Waals surface area contributed by atoms with E-state index in [1.54, 1.807) is 11.8 Å². The van der Waals surface area contributed by atoms with Crippen LogP contribution in [-0.2, 0) is 0 Å². The molecule has 1 nitrogen and oxygen atoms in total. The lowest BCUT2D eigenvalue weighted by atomic mass is 10.4. The van der Waals surface area contributed by atoms with Gasteiger partial charge in [0.2, 0.25) is 0 Å². The summed E-state index contributed by atoms with van der Waals surface area (Å²) in [6, 6.07) is 7.91. The average Bonchev–Trinajstić information content (AvgIpc) is 2.03. The molecular formula is C9H12ClNS. The number of rotatable bonds is 3. The first kappa shape index (κ1) is 9.90. The van der Waals surface area contributed by atoms with Crippen molar-refractivity contribution in [2.45, 2.75) is 4.90 Å². The highest BCUT2D eigenvalue weighted by Crippen LogP contribution is 2.20. The fourth-order valence-corrected chi connectivity index (χ4v) is 1.60. The lowest BCUT2D eigenvalue weighted by Crippen LogP contribution is -2.09. The van der Waals surface area contributed by atoms with E-state index in [2.05, 4.69) is 19.0 Å². The number of nitrogens with zero attached hydrogens (tertiary/aromatic N) is 1. The zero-order valence-corrected chi connectivity index (χ0v) is 8.82. The first-order valence-corrected chi connectivity index (χ1v) is 5.08. The number of halogens is 1. The molecule has 0 aliphatic heterocycles. The first-order chi connectivity index (χ1) is 5.68. The predicted octanol–water partition coefficient (Wildman–Crippen LogP) is 2.95. The Hall–Kier alpha value is -0.180. The molecule has 0 bridgehead atoms. The normalized spacial score (nSPS) is 10.7. The number of hydrogen-bond acceptors (Lipinski definition) is 2. The van der Waals surface area contributed by atoms with Crippen LogP contribution in [0.4, 0.5) is 0 Å². The van der Waals surface area contributed by atoms with Gasteiger partial charge in [-0.3, -0.25) is 4.90 Å². The molecule has 0 saturated heterocycles. The summed E-state index contributed by atoms with van der Waals surface area (Å²) in [5, 5.41) is 0.796. The molecule has 1 rings (SSSR count). The minimum Gasteiger partial charge on any atom is -0.300 e. The number of thioether (sulfide) groups is 1. The summed E-state index contributed by atoms with van der Waals surface area (Å²) < 4.78 is 0. The topological polar surface area (TPSA) is 3.24 Å². The third-order valence-corrected chi connectivity index (χ3v) is 2.81. The van der Waals surface area contributed by atoms with Gasteiger partial charge in [-0.1, -0.05) is 11.6 Å². The van der Waals surface area contributed by atoms with Gasteiger partial charge in [0, 0.05) is 15.8 Å². The Morgan fingerprint density at radius 3 is 2.33 bits per heavy atom. The fraction of sp³-hybridized carbons (Fsp3) is 0.333. The molecule has 0 aliphatic carbocycles. The highest BCUT2D eigenvalue weighted by molar-refractivity contribution is 7.99. The van der Waals surface area contributed by atoms with Gasteiger partial charge >= 0.3 is 0 Å². The molecule has 0 spiro atoms. The zero-order valence-electron chi connectivity index (χ0n) is 7.25. The summed E-state index contributed by atoms with van der Waals surface area (Å²) >= 11 is 7.56. The average molecular weight is 202 g/mol. The van der Waals surface area contributed by atoms with Crippen LogP contribution in [0.3, 0.4) is 0 Å². The summed E-state index contributed by atoms with van der Waals surface area (Å²) in [6.07, 6.45) is 0. The maximum atomic E-state index is 5.75. The molecule has 0 aliphatic rings. The second-order valence-electron chi connectivity index (χ2n) is 2.81. The van der Waals surface area contributed by atoms with Gasteiger partial charge in [-0.05, 0) is 38.4 Å². The van der Waals surface area contributed by atoms with E-state index in [1.165, 1.54) is 4.90 Å². The van der Waals surface area contributed by atoms with Crippen LogP contribution in [0.5, 0.6) is 0 Å². The molecule has 3 heteroatoms.